The number of hydrogen-bond donors (Lipinski definition) is 3. The highest BCUT2D eigenvalue weighted by molar-refractivity contribution is 5.89. The fourth-order valence-corrected chi connectivity index (χ4v) is 1.62. The van der Waals surface area contributed by atoms with Crippen LogP contribution in [0.15, 0.2) is 30.3 Å². The Morgan fingerprint density at radius 1 is 1.10 bits per heavy atom. The van der Waals surface area contributed by atoms with Gasteiger partial charge in [0.05, 0.1) is 0 Å². The molecule has 0 bridgehead atoms. The first-order valence-electron chi connectivity index (χ1n) is 6.56. The van der Waals surface area contributed by atoms with Crippen LogP contribution >= 0.6 is 0 Å². The van der Waals surface area contributed by atoms with E-state index in [2.05, 4.69) is 10.6 Å². The summed E-state index contributed by atoms with van der Waals surface area (Å²) in [5.41, 5.74) is 0.127. The van der Waals surface area contributed by atoms with E-state index in [9.17, 15) is 14.7 Å². The molecular formula is C15H22N2O3. The lowest BCUT2D eigenvalue weighted by molar-refractivity contribution is -0.134. The van der Waals surface area contributed by atoms with Crippen LogP contribution in [0.5, 0.6) is 0 Å². The number of carbonyl (C=O) groups is 2. The second-order valence-corrected chi connectivity index (χ2v) is 5.78. The first-order chi connectivity index (χ1) is 9.20. The molecule has 0 aliphatic heterocycles. The first kappa shape index (κ1) is 16.2. The maximum absolute atomic E-state index is 11.9. The summed E-state index contributed by atoms with van der Waals surface area (Å²) in [6, 6.07) is 7.88. The van der Waals surface area contributed by atoms with Gasteiger partial charge in [0.1, 0.15) is 6.04 Å². The average Bonchev–Trinajstić information content (AvgIpc) is 2.36. The van der Waals surface area contributed by atoms with Crippen LogP contribution in [0.2, 0.25) is 0 Å². The van der Waals surface area contributed by atoms with Crippen molar-refractivity contribution in [2.45, 2.75) is 45.4 Å². The molecule has 5 heteroatoms. The van der Waals surface area contributed by atoms with Gasteiger partial charge in [-0.1, -0.05) is 30.3 Å². The Kier molecular flexibility index (Phi) is 5.27. The molecule has 0 heterocycles. The van der Waals surface area contributed by atoms with Gasteiger partial charge in [0.2, 0.25) is 5.91 Å². The number of rotatable bonds is 4. The van der Waals surface area contributed by atoms with Crippen molar-refractivity contribution in [1.29, 1.82) is 0 Å². The van der Waals surface area contributed by atoms with Crippen molar-refractivity contribution in [2.24, 2.45) is 0 Å². The minimum Gasteiger partial charge on any atom is -0.378 e. The Morgan fingerprint density at radius 3 is 2.15 bits per heavy atom. The molecule has 0 saturated carbocycles. The molecule has 5 nitrogen and oxygen atoms in total. The Morgan fingerprint density at radius 2 is 1.65 bits per heavy atom. The molecule has 0 aromatic heterocycles. The van der Waals surface area contributed by atoms with E-state index in [0.29, 0.717) is 5.56 Å². The lowest BCUT2D eigenvalue weighted by Gasteiger charge is -2.24. The van der Waals surface area contributed by atoms with Crippen molar-refractivity contribution in [2.75, 3.05) is 0 Å². The summed E-state index contributed by atoms with van der Waals surface area (Å²) in [4.78, 5) is 23.7. The summed E-state index contributed by atoms with van der Waals surface area (Å²) < 4.78 is 0. The summed E-state index contributed by atoms with van der Waals surface area (Å²) in [5, 5.41) is 15.2. The summed E-state index contributed by atoms with van der Waals surface area (Å²) in [5.74, 6) is -0.876. The third kappa shape index (κ3) is 5.01. The van der Waals surface area contributed by atoms with Crippen molar-refractivity contribution in [3.05, 3.63) is 35.9 Å². The third-order valence-electron chi connectivity index (χ3n) is 2.61. The summed E-state index contributed by atoms with van der Waals surface area (Å²) >= 11 is 0. The molecule has 2 atom stereocenters. The molecule has 2 unspecified atom stereocenters. The van der Waals surface area contributed by atoms with Gasteiger partial charge in [-0.3, -0.25) is 9.59 Å². The zero-order valence-electron chi connectivity index (χ0n) is 12.3. The molecule has 1 rings (SSSR count). The fourth-order valence-electron chi connectivity index (χ4n) is 1.62. The maximum atomic E-state index is 11.9. The number of benzene rings is 1. The third-order valence-corrected chi connectivity index (χ3v) is 2.61. The predicted molar refractivity (Wildman–Crippen MR) is 76.9 cm³/mol. The lowest BCUT2D eigenvalue weighted by Crippen LogP contribution is -2.51. The number of aliphatic hydroxyl groups is 1. The zero-order valence-corrected chi connectivity index (χ0v) is 12.3. The van der Waals surface area contributed by atoms with Gasteiger partial charge < -0.3 is 15.7 Å². The van der Waals surface area contributed by atoms with E-state index in [1.807, 2.05) is 20.8 Å². The molecule has 0 aliphatic rings. The molecular weight excluding hydrogens is 256 g/mol. The Hall–Kier alpha value is -1.88. The highest BCUT2D eigenvalue weighted by atomic mass is 16.3. The minimum absolute atomic E-state index is 0.286. The Bertz CT molecular complexity index is 466. The molecule has 0 spiro atoms. The van der Waals surface area contributed by atoms with Gasteiger partial charge >= 0.3 is 0 Å². The number of carbonyl (C=O) groups excluding carboxylic acids is 2. The molecule has 20 heavy (non-hydrogen) atoms. The molecule has 2 amide bonds. The van der Waals surface area contributed by atoms with Crippen molar-refractivity contribution in [1.82, 2.24) is 10.6 Å². The van der Waals surface area contributed by atoms with Crippen LogP contribution < -0.4 is 10.6 Å². The van der Waals surface area contributed by atoms with Crippen LogP contribution in [0.4, 0.5) is 0 Å². The van der Waals surface area contributed by atoms with Gasteiger partial charge in [0.25, 0.3) is 5.91 Å². The number of nitrogens with one attached hydrogen (secondary N) is 2. The normalized spacial score (nSPS) is 14.2. The molecule has 0 saturated heterocycles. The SMILES string of the molecule is CC(NC(=O)C(O)c1ccccc1)C(=O)NC(C)(C)C. The number of aliphatic hydroxyl groups excluding tert-OH is 1. The van der Waals surface area contributed by atoms with Crippen LogP contribution in [0.25, 0.3) is 0 Å². The van der Waals surface area contributed by atoms with Crippen LogP contribution in [0.3, 0.4) is 0 Å². The topological polar surface area (TPSA) is 78.4 Å². The molecule has 0 fully saturated rings. The van der Waals surface area contributed by atoms with Crippen LogP contribution in [-0.4, -0.2) is 28.5 Å². The molecule has 1 aromatic carbocycles. The minimum atomic E-state index is -1.28. The van der Waals surface area contributed by atoms with Crippen LogP contribution in [0, 0.1) is 0 Å². The Labute approximate surface area is 119 Å². The highest BCUT2D eigenvalue weighted by Gasteiger charge is 2.24. The van der Waals surface area contributed by atoms with E-state index >= 15 is 0 Å². The zero-order chi connectivity index (χ0) is 15.3. The van der Waals surface area contributed by atoms with Gasteiger partial charge in [-0.05, 0) is 33.3 Å². The van der Waals surface area contributed by atoms with Crippen molar-refractivity contribution < 1.29 is 14.7 Å². The standard InChI is InChI=1S/C15H22N2O3/c1-10(13(19)17-15(2,3)4)16-14(20)12(18)11-8-6-5-7-9-11/h5-10,12,18H,1-4H3,(H,16,20)(H,17,19). The van der Waals surface area contributed by atoms with E-state index in [1.54, 1.807) is 37.3 Å². The largest absolute Gasteiger partial charge is 0.378 e. The first-order valence-corrected chi connectivity index (χ1v) is 6.56. The highest BCUT2D eigenvalue weighted by Crippen LogP contribution is 2.12. The van der Waals surface area contributed by atoms with Crippen molar-refractivity contribution in [3.8, 4) is 0 Å². The van der Waals surface area contributed by atoms with E-state index in [-0.39, 0.29) is 11.4 Å². The summed E-state index contributed by atoms with van der Waals surface area (Å²) in [6.45, 7) is 7.16. The van der Waals surface area contributed by atoms with Crippen LogP contribution in [0.1, 0.15) is 39.4 Å². The molecule has 3 N–H and O–H groups in total. The average molecular weight is 278 g/mol. The van der Waals surface area contributed by atoms with Crippen molar-refractivity contribution >= 4 is 11.8 Å². The lowest BCUT2D eigenvalue weighted by atomic mass is 10.1. The van der Waals surface area contributed by atoms with Gasteiger partial charge in [-0.2, -0.15) is 0 Å². The monoisotopic (exact) mass is 278 g/mol. The quantitative estimate of drug-likeness (QED) is 0.773. The summed E-state index contributed by atoms with van der Waals surface area (Å²) in [6.07, 6.45) is -1.28. The molecule has 0 aliphatic carbocycles. The predicted octanol–water partition coefficient (Wildman–Crippen LogP) is 1.14. The maximum Gasteiger partial charge on any atom is 0.254 e. The molecule has 110 valence electrons. The number of hydrogen-bond acceptors (Lipinski definition) is 3. The van der Waals surface area contributed by atoms with E-state index in [4.69, 9.17) is 0 Å². The van der Waals surface area contributed by atoms with E-state index < -0.39 is 18.1 Å². The molecule has 1 aromatic rings. The number of amides is 2. The van der Waals surface area contributed by atoms with E-state index in [0.717, 1.165) is 0 Å². The van der Waals surface area contributed by atoms with Gasteiger partial charge in [0, 0.05) is 5.54 Å². The van der Waals surface area contributed by atoms with Gasteiger partial charge in [0.15, 0.2) is 6.10 Å². The Balaban J connectivity index is 2.60. The van der Waals surface area contributed by atoms with Gasteiger partial charge in [-0.25, -0.2) is 0 Å². The summed E-state index contributed by atoms with van der Waals surface area (Å²) in [7, 11) is 0. The van der Waals surface area contributed by atoms with Crippen LogP contribution in [-0.2, 0) is 9.59 Å². The second kappa shape index (κ2) is 6.52. The fraction of sp³-hybridized carbons (Fsp3) is 0.467. The smallest absolute Gasteiger partial charge is 0.254 e. The second-order valence-electron chi connectivity index (χ2n) is 5.78. The molecule has 0 radical (unpaired) electrons. The van der Waals surface area contributed by atoms with E-state index in [1.165, 1.54) is 0 Å². The van der Waals surface area contributed by atoms with Crippen molar-refractivity contribution in [3.63, 3.8) is 0 Å². The van der Waals surface area contributed by atoms with Gasteiger partial charge in [-0.15, -0.1) is 0 Å².